The van der Waals surface area contributed by atoms with Gasteiger partial charge in [0.1, 0.15) is 6.54 Å². The minimum Gasteiger partial charge on any atom is -0.372 e. The Bertz CT molecular complexity index is 1250. The summed E-state index contributed by atoms with van der Waals surface area (Å²) in [6.07, 6.45) is 2.41. The number of benzene rings is 3. The summed E-state index contributed by atoms with van der Waals surface area (Å²) in [6.45, 7) is 1.99. The van der Waals surface area contributed by atoms with E-state index in [4.69, 9.17) is 23.2 Å². The molecule has 1 aliphatic rings. The molecule has 0 saturated carbocycles. The predicted octanol–water partition coefficient (Wildman–Crippen LogP) is 5.11. The van der Waals surface area contributed by atoms with Gasteiger partial charge >= 0.3 is 0 Å². The number of carbonyl (C=O) groups is 1. The van der Waals surface area contributed by atoms with Crippen LogP contribution < -0.4 is 14.5 Å². The molecule has 0 aromatic heterocycles. The molecule has 0 spiro atoms. The number of nitrogens with one attached hydrogen (secondary N) is 1. The standard InChI is InChI=1S/C25H25Cl2N3O3S/c26-20-10-13-24(23(27)16-20)30(34(32,33)22-6-2-1-3-7-22)18-25(31)28-17-19-8-11-21(12-9-19)29-14-4-5-15-29/h1-3,6-13,16H,4-5,14-15,17-18H2,(H,28,31). The summed E-state index contributed by atoms with van der Waals surface area (Å²) in [7, 11) is -4.04. The van der Waals surface area contributed by atoms with Crippen LogP contribution in [0.4, 0.5) is 11.4 Å². The van der Waals surface area contributed by atoms with Gasteiger partial charge in [-0.1, -0.05) is 53.5 Å². The highest BCUT2D eigenvalue weighted by atomic mass is 35.5. The normalized spacial score (nSPS) is 13.6. The second-order valence-electron chi connectivity index (χ2n) is 8.06. The minimum atomic E-state index is -4.04. The molecule has 6 nitrogen and oxygen atoms in total. The van der Waals surface area contributed by atoms with Gasteiger partial charge in [-0.2, -0.15) is 0 Å². The van der Waals surface area contributed by atoms with Crippen LogP contribution in [0.25, 0.3) is 0 Å². The maximum absolute atomic E-state index is 13.4. The van der Waals surface area contributed by atoms with E-state index in [-0.39, 0.29) is 22.2 Å². The Morgan fingerprint density at radius 1 is 0.941 bits per heavy atom. The molecule has 0 unspecified atom stereocenters. The highest BCUT2D eigenvalue weighted by Gasteiger charge is 2.28. The number of anilines is 2. The van der Waals surface area contributed by atoms with Gasteiger partial charge in [0.15, 0.2) is 0 Å². The van der Waals surface area contributed by atoms with Crippen LogP contribution in [0.15, 0.2) is 77.7 Å². The summed E-state index contributed by atoms with van der Waals surface area (Å²) in [4.78, 5) is 15.2. The Kier molecular flexibility index (Phi) is 7.66. The second-order valence-corrected chi connectivity index (χ2v) is 10.8. The zero-order valence-electron chi connectivity index (χ0n) is 18.5. The SMILES string of the molecule is O=C(CN(c1ccc(Cl)cc1Cl)S(=O)(=O)c1ccccc1)NCc1ccc(N2CCCC2)cc1. The Labute approximate surface area is 210 Å². The van der Waals surface area contributed by atoms with Crippen molar-refractivity contribution in [3.63, 3.8) is 0 Å². The van der Waals surface area contributed by atoms with E-state index in [0.717, 1.165) is 23.0 Å². The molecule has 0 radical (unpaired) electrons. The summed E-state index contributed by atoms with van der Waals surface area (Å²) in [5.41, 5.74) is 2.28. The molecule has 3 aromatic rings. The molecule has 1 fully saturated rings. The average Bonchev–Trinajstić information content (AvgIpc) is 3.38. The van der Waals surface area contributed by atoms with E-state index in [1.54, 1.807) is 18.2 Å². The summed E-state index contributed by atoms with van der Waals surface area (Å²) in [6, 6.07) is 20.5. The Balaban J connectivity index is 1.50. The summed E-state index contributed by atoms with van der Waals surface area (Å²) < 4.78 is 27.8. The van der Waals surface area contributed by atoms with Gasteiger partial charge in [0, 0.05) is 30.3 Å². The van der Waals surface area contributed by atoms with Gasteiger partial charge in [0.25, 0.3) is 10.0 Å². The van der Waals surface area contributed by atoms with Crippen molar-refractivity contribution in [1.82, 2.24) is 5.32 Å². The molecule has 0 bridgehead atoms. The lowest BCUT2D eigenvalue weighted by Gasteiger charge is -2.25. The second kappa shape index (κ2) is 10.7. The topological polar surface area (TPSA) is 69.7 Å². The first-order chi connectivity index (χ1) is 16.3. The monoisotopic (exact) mass is 517 g/mol. The molecule has 4 rings (SSSR count). The Morgan fingerprint density at radius 2 is 1.62 bits per heavy atom. The van der Waals surface area contributed by atoms with E-state index in [1.807, 2.05) is 24.3 Å². The summed E-state index contributed by atoms with van der Waals surface area (Å²) >= 11 is 12.3. The quantitative estimate of drug-likeness (QED) is 0.450. The van der Waals surface area contributed by atoms with Crippen molar-refractivity contribution in [1.29, 1.82) is 0 Å². The zero-order valence-corrected chi connectivity index (χ0v) is 20.8. The third kappa shape index (κ3) is 5.66. The smallest absolute Gasteiger partial charge is 0.264 e. The molecule has 3 aromatic carbocycles. The molecule has 1 heterocycles. The fourth-order valence-corrected chi connectivity index (χ4v) is 5.91. The number of sulfonamides is 1. The fraction of sp³-hybridized carbons (Fsp3) is 0.240. The van der Waals surface area contributed by atoms with Crippen LogP contribution in [0.1, 0.15) is 18.4 Å². The van der Waals surface area contributed by atoms with Crippen LogP contribution in [0, 0.1) is 0 Å². The molecule has 1 aliphatic heterocycles. The Hall–Kier alpha value is -2.74. The van der Waals surface area contributed by atoms with E-state index in [0.29, 0.717) is 5.02 Å². The molecule has 34 heavy (non-hydrogen) atoms. The first-order valence-corrected chi connectivity index (χ1v) is 13.2. The molecular weight excluding hydrogens is 493 g/mol. The van der Waals surface area contributed by atoms with Gasteiger partial charge in [-0.05, 0) is 60.9 Å². The number of rotatable bonds is 8. The first-order valence-electron chi connectivity index (χ1n) is 11.0. The average molecular weight is 518 g/mol. The summed E-state index contributed by atoms with van der Waals surface area (Å²) in [5.74, 6) is -0.450. The van der Waals surface area contributed by atoms with Crippen molar-refractivity contribution < 1.29 is 13.2 Å². The van der Waals surface area contributed by atoms with E-state index >= 15 is 0 Å². The maximum atomic E-state index is 13.4. The van der Waals surface area contributed by atoms with Gasteiger partial charge < -0.3 is 10.2 Å². The van der Waals surface area contributed by atoms with E-state index in [2.05, 4.69) is 10.2 Å². The highest BCUT2D eigenvalue weighted by molar-refractivity contribution is 7.92. The van der Waals surface area contributed by atoms with Crippen LogP contribution in [0.5, 0.6) is 0 Å². The lowest BCUT2D eigenvalue weighted by atomic mass is 10.2. The molecule has 1 saturated heterocycles. The summed E-state index contributed by atoms with van der Waals surface area (Å²) in [5, 5.41) is 3.32. The van der Waals surface area contributed by atoms with Crippen LogP contribution in [0.2, 0.25) is 10.0 Å². The zero-order chi connectivity index (χ0) is 24.1. The first kappa shape index (κ1) is 24.4. The lowest BCUT2D eigenvalue weighted by Crippen LogP contribution is -2.40. The highest BCUT2D eigenvalue weighted by Crippen LogP contribution is 2.32. The van der Waals surface area contributed by atoms with Crippen molar-refractivity contribution in [2.24, 2.45) is 0 Å². The third-order valence-corrected chi connectivity index (χ3v) is 8.01. The van der Waals surface area contributed by atoms with Crippen LogP contribution in [-0.4, -0.2) is 34.0 Å². The molecule has 178 valence electrons. The lowest BCUT2D eigenvalue weighted by molar-refractivity contribution is -0.119. The van der Waals surface area contributed by atoms with Crippen molar-refractivity contribution in [3.05, 3.63) is 88.4 Å². The van der Waals surface area contributed by atoms with Crippen molar-refractivity contribution in [2.75, 3.05) is 28.8 Å². The molecule has 0 atom stereocenters. The van der Waals surface area contributed by atoms with Crippen molar-refractivity contribution in [3.8, 4) is 0 Å². The fourth-order valence-electron chi connectivity index (χ4n) is 3.89. The molecule has 1 amide bonds. The van der Waals surface area contributed by atoms with Gasteiger partial charge in [0.2, 0.25) is 5.91 Å². The van der Waals surface area contributed by atoms with Crippen molar-refractivity contribution >= 4 is 50.5 Å². The van der Waals surface area contributed by atoms with E-state index in [1.165, 1.54) is 48.9 Å². The number of nitrogens with zero attached hydrogens (tertiary/aromatic N) is 2. The molecule has 0 aliphatic carbocycles. The number of hydrogen-bond acceptors (Lipinski definition) is 4. The van der Waals surface area contributed by atoms with Gasteiger partial charge in [-0.25, -0.2) is 8.42 Å². The number of amides is 1. The molecule has 1 N–H and O–H groups in total. The van der Waals surface area contributed by atoms with E-state index in [9.17, 15) is 13.2 Å². The number of carbonyl (C=O) groups excluding carboxylic acids is 1. The third-order valence-electron chi connectivity index (χ3n) is 5.69. The maximum Gasteiger partial charge on any atom is 0.264 e. The van der Waals surface area contributed by atoms with Crippen LogP contribution in [0.3, 0.4) is 0 Å². The molecule has 9 heteroatoms. The van der Waals surface area contributed by atoms with Crippen LogP contribution >= 0.6 is 23.2 Å². The van der Waals surface area contributed by atoms with Crippen molar-refractivity contribution in [2.45, 2.75) is 24.3 Å². The number of hydrogen-bond donors (Lipinski definition) is 1. The predicted molar refractivity (Wildman–Crippen MR) is 137 cm³/mol. The van der Waals surface area contributed by atoms with Gasteiger partial charge in [-0.3, -0.25) is 9.10 Å². The Morgan fingerprint density at radius 3 is 2.26 bits per heavy atom. The number of halogens is 2. The van der Waals surface area contributed by atoms with Gasteiger partial charge in [-0.15, -0.1) is 0 Å². The minimum absolute atomic E-state index is 0.0614. The van der Waals surface area contributed by atoms with Crippen LogP contribution in [-0.2, 0) is 21.4 Å². The largest absolute Gasteiger partial charge is 0.372 e. The molecular formula is C25H25Cl2N3O3S. The van der Waals surface area contributed by atoms with E-state index < -0.39 is 22.5 Å². The van der Waals surface area contributed by atoms with Gasteiger partial charge in [0.05, 0.1) is 15.6 Å².